The molecule has 9 heteroatoms. The summed E-state index contributed by atoms with van der Waals surface area (Å²) >= 11 is 6.49. The highest BCUT2D eigenvalue weighted by Crippen LogP contribution is 2.38. The Morgan fingerprint density at radius 2 is 2.17 bits per heavy atom. The van der Waals surface area contributed by atoms with E-state index in [9.17, 15) is 9.59 Å². The summed E-state index contributed by atoms with van der Waals surface area (Å²) in [5, 5.41) is 9.43. The van der Waals surface area contributed by atoms with Crippen molar-refractivity contribution in [3.8, 4) is 0 Å². The predicted molar refractivity (Wildman–Crippen MR) is 108 cm³/mol. The van der Waals surface area contributed by atoms with Crippen molar-refractivity contribution < 1.29 is 9.59 Å². The molecule has 3 N–H and O–H groups in total. The zero-order chi connectivity index (χ0) is 20.4. The Morgan fingerprint density at radius 3 is 2.93 bits per heavy atom. The van der Waals surface area contributed by atoms with Gasteiger partial charge in [0.05, 0.1) is 10.7 Å². The van der Waals surface area contributed by atoms with Gasteiger partial charge in [-0.25, -0.2) is 9.97 Å². The SMILES string of the molecule is CN1/C(=C(Cl)\C=C(/C=O)Nc2ccncn2)C(=O)NC12CNCc1ccccc12. The number of hydrogen-bond donors (Lipinski definition) is 3. The third-order valence-corrected chi connectivity index (χ3v) is 5.38. The predicted octanol–water partition coefficient (Wildman–Crippen LogP) is 1.44. The lowest BCUT2D eigenvalue weighted by Crippen LogP contribution is -2.57. The minimum atomic E-state index is -0.739. The van der Waals surface area contributed by atoms with Gasteiger partial charge in [-0.15, -0.1) is 0 Å². The second-order valence-electron chi connectivity index (χ2n) is 6.77. The van der Waals surface area contributed by atoms with Crippen molar-refractivity contribution in [2.75, 3.05) is 18.9 Å². The van der Waals surface area contributed by atoms with E-state index >= 15 is 0 Å². The van der Waals surface area contributed by atoms with Crippen LogP contribution in [0.3, 0.4) is 0 Å². The summed E-state index contributed by atoms with van der Waals surface area (Å²) in [6.07, 6.45) is 4.95. The maximum atomic E-state index is 12.9. The second-order valence-corrected chi connectivity index (χ2v) is 7.18. The van der Waals surface area contributed by atoms with Gasteiger partial charge in [-0.05, 0) is 17.7 Å². The van der Waals surface area contributed by atoms with Crippen molar-refractivity contribution in [1.29, 1.82) is 0 Å². The zero-order valence-corrected chi connectivity index (χ0v) is 16.4. The van der Waals surface area contributed by atoms with Crippen molar-refractivity contribution >= 4 is 29.6 Å². The molecule has 1 spiro atoms. The van der Waals surface area contributed by atoms with Crippen molar-refractivity contribution in [3.63, 3.8) is 0 Å². The molecule has 0 radical (unpaired) electrons. The average molecular weight is 411 g/mol. The molecule has 0 bridgehead atoms. The van der Waals surface area contributed by atoms with E-state index in [4.69, 9.17) is 11.6 Å². The van der Waals surface area contributed by atoms with Gasteiger partial charge >= 0.3 is 0 Å². The van der Waals surface area contributed by atoms with Gasteiger partial charge in [0.25, 0.3) is 5.91 Å². The molecule has 1 atom stereocenters. The minimum absolute atomic E-state index is 0.147. The Hall–Kier alpha value is -3.23. The number of benzene rings is 1. The summed E-state index contributed by atoms with van der Waals surface area (Å²) in [6, 6.07) is 9.57. The first-order chi connectivity index (χ1) is 14.0. The molecule has 1 amide bonds. The number of carbonyl (C=O) groups excluding carboxylic acids is 2. The summed E-state index contributed by atoms with van der Waals surface area (Å²) in [5.74, 6) is 0.137. The number of allylic oxidation sites excluding steroid dienone is 3. The first kappa shape index (κ1) is 19.1. The number of aromatic nitrogens is 2. The molecule has 0 aliphatic carbocycles. The van der Waals surface area contributed by atoms with E-state index in [1.807, 2.05) is 36.2 Å². The van der Waals surface area contributed by atoms with Crippen LogP contribution in [0.4, 0.5) is 5.82 Å². The molecule has 148 valence electrons. The maximum absolute atomic E-state index is 12.9. The van der Waals surface area contributed by atoms with E-state index in [0.29, 0.717) is 18.6 Å². The highest BCUT2D eigenvalue weighted by Gasteiger charge is 2.49. The maximum Gasteiger partial charge on any atom is 0.271 e. The average Bonchev–Trinajstić information content (AvgIpc) is 2.98. The Bertz CT molecular complexity index is 1020. The molecule has 1 aromatic carbocycles. The van der Waals surface area contributed by atoms with Crippen LogP contribution in [0.5, 0.6) is 0 Å². The Morgan fingerprint density at radius 1 is 1.34 bits per heavy atom. The molecule has 1 aromatic heterocycles. The highest BCUT2D eigenvalue weighted by atomic mass is 35.5. The molecule has 2 aliphatic heterocycles. The van der Waals surface area contributed by atoms with Gasteiger partial charge in [-0.2, -0.15) is 0 Å². The Kier molecular flexibility index (Phi) is 5.04. The van der Waals surface area contributed by atoms with Gasteiger partial charge in [-0.3, -0.25) is 9.59 Å². The first-order valence-corrected chi connectivity index (χ1v) is 9.38. The summed E-state index contributed by atoms with van der Waals surface area (Å²) in [7, 11) is 1.81. The molecular formula is C20H19ClN6O2. The summed E-state index contributed by atoms with van der Waals surface area (Å²) in [5.41, 5.74) is 1.85. The lowest BCUT2D eigenvalue weighted by Gasteiger charge is -2.41. The van der Waals surface area contributed by atoms with Gasteiger partial charge in [0.15, 0.2) is 11.9 Å². The van der Waals surface area contributed by atoms with E-state index in [-0.39, 0.29) is 22.3 Å². The van der Waals surface area contributed by atoms with Gasteiger partial charge in [0.2, 0.25) is 0 Å². The van der Waals surface area contributed by atoms with Gasteiger partial charge in [0.1, 0.15) is 17.8 Å². The monoisotopic (exact) mass is 410 g/mol. The molecule has 3 heterocycles. The van der Waals surface area contributed by atoms with Crippen LogP contribution in [0.25, 0.3) is 0 Å². The van der Waals surface area contributed by atoms with Gasteiger partial charge in [0, 0.05) is 31.9 Å². The molecule has 1 fully saturated rings. The largest absolute Gasteiger partial charge is 0.341 e. The van der Waals surface area contributed by atoms with Crippen LogP contribution in [-0.4, -0.2) is 40.7 Å². The van der Waals surface area contributed by atoms with E-state index in [1.54, 1.807) is 12.3 Å². The van der Waals surface area contributed by atoms with Crippen molar-refractivity contribution in [3.05, 3.63) is 76.5 Å². The number of carbonyl (C=O) groups is 2. The van der Waals surface area contributed by atoms with E-state index in [2.05, 4.69) is 25.9 Å². The number of likely N-dealkylation sites (N-methyl/N-ethyl adjacent to an activating group) is 1. The molecule has 1 saturated heterocycles. The van der Waals surface area contributed by atoms with Crippen molar-refractivity contribution in [1.82, 2.24) is 25.5 Å². The number of rotatable bonds is 4. The van der Waals surface area contributed by atoms with Crippen LogP contribution in [0.2, 0.25) is 0 Å². The molecule has 0 saturated carbocycles. The summed E-state index contributed by atoms with van der Waals surface area (Å²) in [6.45, 7) is 1.26. The molecule has 1 unspecified atom stereocenters. The fourth-order valence-corrected chi connectivity index (χ4v) is 4.05. The van der Waals surface area contributed by atoms with E-state index in [1.165, 1.54) is 12.4 Å². The number of aldehydes is 1. The summed E-state index contributed by atoms with van der Waals surface area (Å²) < 4.78 is 0. The smallest absolute Gasteiger partial charge is 0.271 e. The number of nitrogens with zero attached hydrogens (tertiary/aromatic N) is 3. The zero-order valence-electron chi connectivity index (χ0n) is 15.6. The molecular weight excluding hydrogens is 392 g/mol. The molecule has 2 aliphatic rings. The van der Waals surface area contributed by atoms with Crippen LogP contribution in [0, 0.1) is 0 Å². The quantitative estimate of drug-likeness (QED) is 0.518. The van der Waals surface area contributed by atoms with Crippen molar-refractivity contribution in [2.24, 2.45) is 0 Å². The van der Waals surface area contributed by atoms with Crippen LogP contribution in [0.1, 0.15) is 11.1 Å². The number of nitrogens with one attached hydrogen (secondary N) is 3. The fraction of sp³-hybridized carbons (Fsp3) is 0.200. The number of halogens is 1. The fourth-order valence-electron chi connectivity index (χ4n) is 3.72. The molecule has 2 aromatic rings. The normalized spacial score (nSPS) is 22.9. The van der Waals surface area contributed by atoms with E-state index < -0.39 is 5.66 Å². The molecule has 4 rings (SSSR count). The van der Waals surface area contributed by atoms with Crippen LogP contribution < -0.4 is 16.0 Å². The van der Waals surface area contributed by atoms with Crippen LogP contribution in [-0.2, 0) is 21.8 Å². The third-order valence-electron chi connectivity index (χ3n) is 5.09. The molecule has 29 heavy (non-hydrogen) atoms. The summed E-state index contributed by atoms with van der Waals surface area (Å²) in [4.78, 5) is 34.0. The molecule has 8 nitrogen and oxygen atoms in total. The van der Waals surface area contributed by atoms with Gasteiger partial charge in [-0.1, -0.05) is 35.9 Å². The topological polar surface area (TPSA) is 99.2 Å². The van der Waals surface area contributed by atoms with Crippen molar-refractivity contribution in [2.45, 2.75) is 12.2 Å². The van der Waals surface area contributed by atoms with Gasteiger partial charge < -0.3 is 20.9 Å². The Labute approximate surface area is 172 Å². The number of fused-ring (bicyclic) bond motifs is 2. The van der Waals surface area contributed by atoms with Crippen LogP contribution >= 0.6 is 11.6 Å². The first-order valence-electron chi connectivity index (χ1n) is 9.00. The standard InChI is InChI=1S/C20H19ClN6O2/c1-27-18(16(21)8-14(10-28)25-17-6-7-22-12-24-17)19(29)26-20(27)11-23-9-13-4-2-3-5-15(13)20/h2-8,10,12,23H,9,11H2,1H3,(H,26,29)(H,22,24,25)/b14-8+,18-16+. The van der Waals surface area contributed by atoms with Crippen LogP contribution in [0.15, 0.2) is 65.4 Å². The minimum Gasteiger partial charge on any atom is -0.341 e. The highest BCUT2D eigenvalue weighted by molar-refractivity contribution is 6.33. The second kappa shape index (κ2) is 7.65. The number of amides is 1. The third kappa shape index (κ3) is 3.37. The lowest BCUT2D eigenvalue weighted by molar-refractivity contribution is -0.117. The lowest BCUT2D eigenvalue weighted by atomic mass is 9.90. The Balaban J connectivity index is 1.70. The number of hydrogen-bond acceptors (Lipinski definition) is 7. The van der Waals surface area contributed by atoms with E-state index in [0.717, 1.165) is 17.7 Å². The number of anilines is 1.